The maximum atomic E-state index is 10.8. The van der Waals surface area contributed by atoms with E-state index in [4.69, 9.17) is 5.73 Å². The lowest BCUT2D eigenvalue weighted by Crippen LogP contribution is -2.31. The van der Waals surface area contributed by atoms with E-state index in [1.807, 2.05) is 24.3 Å². The summed E-state index contributed by atoms with van der Waals surface area (Å²) in [4.78, 5) is 10.8. The Morgan fingerprint density at radius 2 is 2.18 bits per heavy atom. The van der Waals surface area contributed by atoms with Gasteiger partial charge in [-0.15, -0.1) is 0 Å². The van der Waals surface area contributed by atoms with Gasteiger partial charge in [-0.05, 0) is 11.6 Å². The van der Waals surface area contributed by atoms with Crippen molar-refractivity contribution in [1.29, 1.82) is 0 Å². The number of benzene rings is 1. The van der Waals surface area contributed by atoms with Crippen molar-refractivity contribution in [2.45, 2.75) is 13.1 Å². The Morgan fingerprint density at radius 1 is 1.29 bits per heavy atom. The van der Waals surface area contributed by atoms with Crippen LogP contribution in [-0.4, -0.2) is 6.29 Å². The van der Waals surface area contributed by atoms with Crippen LogP contribution in [0.5, 0.6) is 0 Å². The molecule has 2 aromatic rings. The smallest absolute Gasteiger partial charge is 0.213 e. The Balaban J connectivity index is 2.20. The van der Waals surface area contributed by atoms with E-state index in [0.717, 1.165) is 35.2 Å². The fourth-order valence-corrected chi connectivity index (χ4v) is 2.30. The van der Waals surface area contributed by atoms with E-state index in [1.54, 1.807) is 0 Å². The highest BCUT2D eigenvalue weighted by molar-refractivity contribution is 5.79. The number of nitrogens with two attached hydrogens (primary N) is 1. The number of carbonyl (C=O) groups is 1. The van der Waals surface area contributed by atoms with Crippen molar-refractivity contribution in [1.82, 2.24) is 0 Å². The number of nitrogens with zero attached hydrogens (tertiary/aromatic N) is 1. The number of rotatable bonds is 2. The van der Waals surface area contributed by atoms with Crippen LogP contribution in [0.25, 0.3) is 11.3 Å². The summed E-state index contributed by atoms with van der Waals surface area (Å²) in [5.41, 5.74) is 11.0. The maximum absolute atomic E-state index is 10.8. The van der Waals surface area contributed by atoms with Gasteiger partial charge < -0.3 is 5.73 Å². The molecule has 3 heteroatoms. The Labute approximate surface area is 99.5 Å². The molecule has 84 valence electrons. The molecule has 0 amide bonds. The highest BCUT2D eigenvalue weighted by Crippen LogP contribution is 2.27. The molecule has 3 rings (SSSR count). The minimum atomic E-state index is 0.538. The zero-order valence-electron chi connectivity index (χ0n) is 9.39. The van der Waals surface area contributed by atoms with Gasteiger partial charge >= 0.3 is 0 Å². The monoisotopic (exact) mass is 225 g/mol. The normalized spacial score (nSPS) is 12.1. The van der Waals surface area contributed by atoms with Crippen LogP contribution in [0.15, 0.2) is 36.5 Å². The van der Waals surface area contributed by atoms with Crippen molar-refractivity contribution in [2.24, 2.45) is 5.73 Å². The van der Waals surface area contributed by atoms with E-state index in [-0.39, 0.29) is 0 Å². The van der Waals surface area contributed by atoms with Crippen molar-refractivity contribution in [2.75, 3.05) is 0 Å². The van der Waals surface area contributed by atoms with Crippen molar-refractivity contribution < 1.29 is 9.36 Å². The third-order valence-corrected chi connectivity index (χ3v) is 3.22. The van der Waals surface area contributed by atoms with E-state index < -0.39 is 0 Å². The second-order valence-electron chi connectivity index (χ2n) is 4.29. The SMILES string of the molecule is NCc1cc[n+]2c(c1)-c1cc(C=O)ccc1C2. The topological polar surface area (TPSA) is 47.0 Å². The summed E-state index contributed by atoms with van der Waals surface area (Å²) in [7, 11) is 0. The third kappa shape index (κ3) is 1.56. The van der Waals surface area contributed by atoms with E-state index in [2.05, 4.69) is 16.8 Å². The Hall–Kier alpha value is -2.00. The van der Waals surface area contributed by atoms with Gasteiger partial charge in [-0.2, -0.15) is 4.57 Å². The molecule has 0 aliphatic carbocycles. The van der Waals surface area contributed by atoms with Crippen LogP contribution in [-0.2, 0) is 13.1 Å². The zero-order chi connectivity index (χ0) is 11.8. The molecule has 0 saturated heterocycles. The quantitative estimate of drug-likeness (QED) is 0.527. The van der Waals surface area contributed by atoms with E-state index in [1.165, 1.54) is 5.56 Å². The number of pyridine rings is 1. The van der Waals surface area contributed by atoms with Gasteiger partial charge in [0.05, 0.1) is 5.56 Å². The lowest BCUT2D eigenvalue weighted by atomic mass is 10.0. The zero-order valence-corrected chi connectivity index (χ0v) is 9.39. The van der Waals surface area contributed by atoms with Crippen LogP contribution in [0.4, 0.5) is 0 Å². The number of aromatic nitrogens is 1. The van der Waals surface area contributed by atoms with Crippen LogP contribution in [0.1, 0.15) is 21.5 Å². The molecule has 1 aliphatic rings. The maximum Gasteiger partial charge on any atom is 0.213 e. The van der Waals surface area contributed by atoms with Gasteiger partial charge in [-0.1, -0.05) is 12.1 Å². The average molecular weight is 225 g/mol. The van der Waals surface area contributed by atoms with Crippen molar-refractivity contribution in [3.63, 3.8) is 0 Å². The Bertz CT molecular complexity index is 605. The molecule has 1 aliphatic heterocycles. The molecule has 2 N–H and O–H groups in total. The molecule has 1 aromatic heterocycles. The molecule has 17 heavy (non-hydrogen) atoms. The van der Waals surface area contributed by atoms with Gasteiger partial charge in [-0.25, -0.2) is 0 Å². The first-order valence-corrected chi connectivity index (χ1v) is 5.63. The van der Waals surface area contributed by atoms with Crippen LogP contribution in [0.3, 0.4) is 0 Å². The number of hydrogen-bond donors (Lipinski definition) is 1. The van der Waals surface area contributed by atoms with Gasteiger partial charge in [0.1, 0.15) is 6.29 Å². The minimum Gasteiger partial charge on any atom is -0.326 e. The first-order chi connectivity index (χ1) is 8.31. The van der Waals surface area contributed by atoms with E-state index in [0.29, 0.717) is 6.54 Å². The van der Waals surface area contributed by atoms with Crippen molar-refractivity contribution in [3.05, 3.63) is 53.2 Å². The molecule has 0 spiro atoms. The molecule has 0 bridgehead atoms. The number of carbonyl (C=O) groups excluding carboxylic acids is 1. The van der Waals surface area contributed by atoms with Crippen molar-refractivity contribution >= 4 is 6.29 Å². The van der Waals surface area contributed by atoms with Gasteiger partial charge in [-0.3, -0.25) is 4.79 Å². The molecule has 2 heterocycles. The molecule has 0 radical (unpaired) electrons. The summed E-state index contributed by atoms with van der Waals surface area (Å²) in [5.74, 6) is 0. The fraction of sp³-hybridized carbons (Fsp3) is 0.143. The molecule has 3 nitrogen and oxygen atoms in total. The van der Waals surface area contributed by atoms with Crippen LogP contribution in [0, 0.1) is 0 Å². The molecule has 1 aromatic carbocycles. The summed E-state index contributed by atoms with van der Waals surface area (Å²) >= 11 is 0. The second-order valence-corrected chi connectivity index (χ2v) is 4.29. The lowest BCUT2D eigenvalue weighted by molar-refractivity contribution is -0.672. The van der Waals surface area contributed by atoms with Crippen LogP contribution in [0.2, 0.25) is 0 Å². The summed E-state index contributed by atoms with van der Waals surface area (Å²) < 4.78 is 2.18. The van der Waals surface area contributed by atoms with Crippen LogP contribution >= 0.6 is 0 Å². The molecule has 0 atom stereocenters. The van der Waals surface area contributed by atoms with E-state index in [9.17, 15) is 4.79 Å². The van der Waals surface area contributed by atoms with Gasteiger partial charge in [0.25, 0.3) is 0 Å². The number of fused-ring (bicyclic) bond motifs is 3. The summed E-state index contributed by atoms with van der Waals surface area (Å²) in [6, 6.07) is 9.97. The number of hydrogen-bond acceptors (Lipinski definition) is 2. The highest BCUT2D eigenvalue weighted by Gasteiger charge is 2.25. The van der Waals surface area contributed by atoms with Crippen LogP contribution < -0.4 is 10.3 Å². The first kappa shape index (κ1) is 10.2. The van der Waals surface area contributed by atoms with Crippen molar-refractivity contribution in [3.8, 4) is 11.3 Å². The third-order valence-electron chi connectivity index (χ3n) is 3.22. The molecule has 0 fully saturated rings. The summed E-state index contributed by atoms with van der Waals surface area (Å²) in [5, 5.41) is 0. The molecular formula is C14H13N2O+. The van der Waals surface area contributed by atoms with Gasteiger partial charge in [0.2, 0.25) is 5.69 Å². The highest BCUT2D eigenvalue weighted by atomic mass is 16.1. The predicted molar refractivity (Wildman–Crippen MR) is 64.5 cm³/mol. The summed E-state index contributed by atoms with van der Waals surface area (Å²) in [6.45, 7) is 1.41. The lowest BCUT2D eigenvalue weighted by Gasteiger charge is -1.98. The van der Waals surface area contributed by atoms with Gasteiger partial charge in [0, 0.05) is 29.8 Å². The summed E-state index contributed by atoms with van der Waals surface area (Å²) in [6.07, 6.45) is 2.94. The second kappa shape index (κ2) is 3.79. The standard InChI is InChI=1S/C14H13N2O/c15-7-10-3-4-16-8-12-2-1-11(9-17)5-13(12)14(16)6-10/h1-6,9H,7-8,15H2/q+1. The first-order valence-electron chi connectivity index (χ1n) is 5.63. The predicted octanol–water partition coefficient (Wildman–Crippen LogP) is 1.27. The number of aldehydes is 1. The largest absolute Gasteiger partial charge is 0.326 e. The fourth-order valence-electron chi connectivity index (χ4n) is 2.30. The Morgan fingerprint density at radius 3 is 2.94 bits per heavy atom. The molecule has 0 unspecified atom stereocenters. The Kier molecular flexibility index (Phi) is 2.27. The average Bonchev–Trinajstić information content (AvgIpc) is 2.75. The molecule has 0 saturated carbocycles. The minimum absolute atomic E-state index is 0.538. The van der Waals surface area contributed by atoms with Gasteiger partial charge in [0.15, 0.2) is 12.7 Å². The molecular weight excluding hydrogens is 212 g/mol. The van der Waals surface area contributed by atoms with E-state index >= 15 is 0 Å².